The molecule has 0 fully saturated rings. The third-order valence-electron chi connectivity index (χ3n) is 3.42. The lowest BCUT2D eigenvalue weighted by atomic mass is 10.0. The van der Waals surface area contributed by atoms with E-state index in [2.05, 4.69) is 16.1 Å². The Labute approximate surface area is 144 Å². The molecule has 1 aromatic carbocycles. The van der Waals surface area contributed by atoms with E-state index in [1.807, 2.05) is 32.9 Å². The van der Waals surface area contributed by atoms with Crippen molar-refractivity contribution in [3.8, 4) is 5.75 Å². The van der Waals surface area contributed by atoms with Crippen molar-refractivity contribution in [1.29, 1.82) is 0 Å². The fourth-order valence-corrected chi connectivity index (χ4v) is 2.27. The Morgan fingerprint density at radius 3 is 2.29 bits per heavy atom. The van der Waals surface area contributed by atoms with Gasteiger partial charge in [0, 0.05) is 6.08 Å². The zero-order valence-electron chi connectivity index (χ0n) is 15.3. The summed E-state index contributed by atoms with van der Waals surface area (Å²) >= 11 is 0. The van der Waals surface area contributed by atoms with Crippen molar-refractivity contribution in [3.63, 3.8) is 0 Å². The number of methoxy groups -OCH3 is 1. The van der Waals surface area contributed by atoms with Crippen molar-refractivity contribution in [2.75, 3.05) is 7.11 Å². The highest BCUT2D eigenvalue weighted by atomic mass is 16.5. The first-order valence-electron chi connectivity index (χ1n) is 8.01. The lowest BCUT2D eigenvalue weighted by Crippen LogP contribution is -2.48. The van der Waals surface area contributed by atoms with Crippen molar-refractivity contribution in [3.05, 3.63) is 41.5 Å². The highest BCUT2D eigenvalue weighted by molar-refractivity contribution is 5.84. The summed E-state index contributed by atoms with van der Waals surface area (Å²) in [5, 5.41) is 2.88. The van der Waals surface area contributed by atoms with Gasteiger partial charge < -0.3 is 14.8 Å². The highest BCUT2D eigenvalue weighted by Crippen LogP contribution is 2.19. The summed E-state index contributed by atoms with van der Waals surface area (Å²) < 4.78 is 10.4. The van der Waals surface area contributed by atoms with Gasteiger partial charge in [0.1, 0.15) is 5.75 Å². The molecule has 5 heteroatoms. The second-order valence-electron chi connectivity index (χ2n) is 6.41. The predicted molar refractivity (Wildman–Crippen MR) is 94.0 cm³/mol. The maximum atomic E-state index is 12.5. The smallest absolute Gasteiger partial charge is 0.330 e. The van der Waals surface area contributed by atoms with Crippen LogP contribution in [0.2, 0.25) is 0 Å². The Hall–Kier alpha value is -2.30. The Balaban J connectivity index is 2.79. The zero-order valence-corrected chi connectivity index (χ0v) is 15.3. The largest absolute Gasteiger partial charge is 0.481 e. The van der Waals surface area contributed by atoms with E-state index in [0.29, 0.717) is 12.2 Å². The van der Waals surface area contributed by atoms with Gasteiger partial charge in [-0.3, -0.25) is 4.79 Å². The van der Waals surface area contributed by atoms with Gasteiger partial charge in [-0.2, -0.15) is 0 Å². The SMILES string of the molecule is CC[C@@H](Oc1cc(C)cc(C)c1)C(=O)NC(C)(C)/C=C/C(=O)OC. The van der Waals surface area contributed by atoms with Gasteiger partial charge in [-0.15, -0.1) is 0 Å². The van der Waals surface area contributed by atoms with Crippen LogP contribution in [0.1, 0.15) is 38.3 Å². The average Bonchev–Trinajstić information content (AvgIpc) is 2.48. The number of amides is 1. The number of carbonyl (C=O) groups is 2. The molecule has 132 valence electrons. The molecule has 0 saturated carbocycles. The number of hydrogen-bond acceptors (Lipinski definition) is 4. The van der Waals surface area contributed by atoms with E-state index >= 15 is 0 Å². The molecular formula is C19H27NO4. The standard InChI is InChI=1S/C19H27NO4/c1-7-16(24-15-11-13(2)10-14(3)12-15)18(22)20-19(4,5)9-8-17(21)23-6/h8-12,16H,7H2,1-6H3,(H,20,22)/b9-8+/t16-/m1/s1. The molecular weight excluding hydrogens is 306 g/mol. The van der Waals surface area contributed by atoms with Gasteiger partial charge in [-0.1, -0.05) is 19.1 Å². The Morgan fingerprint density at radius 2 is 1.79 bits per heavy atom. The summed E-state index contributed by atoms with van der Waals surface area (Å²) in [4.78, 5) is 23.7. The van der Waals surface area contributed by atoms with Gasteiger partial charge >= 0.3 is 5.97 Å². The van der Waals surface area contributed by atoms with Gasteiger partial charge in [0.05, 0.1) is 12.6 Å². The molecule has 0 saturated heterocycles. The van der Waals surface area contributed by atoms with Gasteiger partial charge in [0.25, 0.3) is 5.91 Å². The fourth-order valence-electron chi connectivity index (χ4n) is 2.27. The number of esters is 1. The van der Waals surface area contributed by atoms with Gasteiger partial charge in [0.2, 0.25) is 0 Å². The fraction of sp³-hybridized carbons (Fsp3) is 0.474. The average molecular weight is 333 g/mol. The van der Waals surface area contributed by atoms with E-state index in [9.17, 15) is 9.59 Å². The Bertz CT molecular complexity index is 600. The van der Waals surface area contributed by atoms with Crippen LogP contribution in [0.4, 0.5) is 0 Å². The van der Waals surface area contributed by atoms with Crippen LogP contribution < -0.4 is 10.1 Å². The van der Waals surface area contributed by atoms with E-state index in [1.54, 1.807) is 19.9 Å². The lowest BCUT2D eigenvalue weighted by molar-refractivity contribution is -0.135. The monoisotopic (exact) mass is 333 g/mol. The van der Waals surface area contributed by atoms with E-state index in [4.69, 9.17) is 4.74 Å². The minimum atomic E-state index is -0.690. The number of rotatable bonds is 7. The van der Waals surface area contributed by atoms with E-state index in [-0.39, 0.29) is 5.91 Å². The van der Waals surface area contributed by atoms with Gasteiger partial charge in [-0.05, 0) is 57.4 Å². The third-order valence-corrected chi connectivity index (χ3v) is 3.42. The second-order valence-corrected chi connectivity index (χ2v) is 6.41. The van der Waals surface area contributed by atoms with Crippen molar-refractivity contribution >= 4 is 11.9 Å². The molecule has 1 amide bonds. The van der Waals surface area contributed by atoms with Crippen LogP contribution in [0.3, 0.4) is 0 Å². The normalized spacial score (nSPS) is 12.8. The maximum Gasteiger partial charge on any atom is 0.330 e. The molecule has 0 heterocycles. The van der Waals surface area contributed by atoms with Crippen LogP contribution in [0.5, 0.6) is 5.75 Å². The van der Waals surface area contributed by atoms with Crippen LogP contribution in [-0.2, 0) is 14.3 Å². The van der Waals surface area contributed by atoms with Crippen LogP contribution in [-0.4, -0.2) is 30.6 Å². The number of ether oxygens (including phenoxy) is 2. The second kappa shape index (κ2) is 8.52. The van der Waals surface area contributed by atoms with Crippen LogP contribution in [0, 0.1) is 13.8 Å². The quantitative estimate of drug-likeness (QED) is 0.615. The van der Waals surface area contributed by atoms with Crippen LogP contribution in [0.25, 0.3) is 0 Å². The van der Waals surface area contributed by atoms with Crippen molar-refractivity contribution in [2.45, 2.75) is 52.7 Å². The molecule has 1 rings (SSSR count). The molecule has 0 aliphatic carbocycles. The number of carbonyl (C=O) groups excluding carboxylic acids is 2. The highest BCUT2D eigenvalue weighted by Gasteiger charge is 2.24. The molecule has 0 bridgehead atoms. The molecule has 1 aromatic rings. The lowest BCUT2D eigenvalue weighted by Gasteiger charge is -2.26. The number of benzene rings is 1. The summed E-state index contributed by atoms with van der Waals surface area (Å²) in [5.41, 5.74) is 1.48. The van der Waals surface area contributed by atoms with Crippen molar-refractivity contribution < 1.29 is 19.1 Å². The third kappa shape index (κ3) is 6.44. The summed E-state index contributed by atoms with van der Waals surface area (Å²) in [6.45, 7) is 9.47. The number of hydrogen-bond donors (Lipinski definition) is 1. The topological polar surface area (TPSA) is 64.6 Å². The van der Waals surface area contributed by atoms with Gasteiger partial charge in [0.15, 0.2) is 6.10 Å². The van der Waals surface area contributed by atoms with E-state index in [0.717, 1.165) is 11.1 Å². The summed E-state index contributed by atoms with van der Waals surface area (Å²) in [6, 6.07) is 5.87. The predicted octanol–water partition coefficient (Wildman–Crippen LogP) is 3.08. The first-order chi connectivity index (χ1) is 11.2. The molecule has 0 radical (unpaired) electrons. The molecule has 0 aromatic heterocycles. The summed E-state index contributed by atoms with van der Waals surface area (Å²) in [5.74, 6) is -0.00978. The molecule has 5 nitrogen and oxygen atoms in total. The zero-order chi connectivity index (χ0) is 18.3. The minimum absolute atomic E-state index is 0.226. The van der Waals surface area contributed by atoms with Gasteiger partial charge in [-0.25, -0.2) is 4.79 Å². The maximum absolute atomic E-state index is 12.5. The van der Waals surface area contributed by atoms with E-state index in [1.165, 1.54) is 13.2 Å². The first-order valence-corrected chi connectivity index (χ1v) is 8.01. The molecule has 0 spiro atoms. The summed E-state index contributed by atoms with van der Waals surface area (Å²) in [7, 11) is 1.31. The summed E-state index contributed by atoms with van der Waals surface area (Å²) in [6.07, 6.45) is 2.83. The van der Waals surface area contributed by atoms with Crippen molar-refractivity contribution in [1.82, 2.24) is 5.32 Å². The molecule has 1 atom stereocenters. The minimum Gasteiger partial charge on any atom is -0.481 e. The molecule has 1 N–H and O–H groups in total. The van der Waals surface area contributed by atoms with Crippen LogP contribution in [0.15, 0.2) is 30.4 Å². The Morgan fingerprint density at radius 1 is 1.21 bits per heavy atom. The van der Waals surface area contributed by atoms with E-state index < -0.39 is 17.6 Å². The van der Waals surface area contributed by atoms with Crippen LogP contribution >= 0.6 is 0 Å². The Kier molecular flexibility index (Phi) is 7.01. The molecule has 0 aliphatic heterocycles. The molecule has 0 unspecified atom stereocenters. The number of nitrogens with one attached hydrogen (secondary N) is 1. The van der Waals surface area contributed by atoms with Crippen molar-refractivity contribution in [2.24, 2.45) is 0 Å². The number of aryl methyl sites for hydroxylation is 2. The molecule has 0 aliphatic rings. The molecule has 24 heavy (non-hydrogen) atoms. The first kappa shape index (κ1) is 19.7.